The van der Waals surface area contributed by atoms with Crippen LogP contribution in [0, 0.1) is 12.8 Å². The molecule has 0 bridgehead atoms. The number of piperidine rings is 1. The Morgan fingerprint density at radius 2 is 1.41 bits per heavy atom. The molecule has 5 nitrogen and oxygen atoms in total. The van der Waals surface area contributed by atoms with Gasteiger partial charge in [0.25, 0.3) is 5.91 Å². The summed E-state index contributed by atoms with van der Waals surface area (Å²) in [6.07, 6.45) is 1.67. The number of hydrogen-bond donors (Lipinski definition) is 1. The Kier molecular flexibility index (Phi) is 7.53. The van der Waals surface area contributed by atoms with Crippen LogP contribution in [0.3, 0.4) is 0 Å². The molecule has 0 aliphatic carbocycles. The third-order valence-electron chi connectivity index (χ3n) is 6.44. The van der Waals surface area contributed by atoms with Gasteiger partial charge in [-0.15, -0.1) is 0 Å². The molecule has 0 aromatic heterocycles. The number of rotatable bonds is 7. The molecule has 34 heavy (non-hydrogen) atoms. The van der Waals surface area contributed by atoms with Gasteiger partial charge in [0.2, 0.25) is 5.91 Å². The number of ketones is 1. The number of hydrogen-bond acceptors (Lipinski definition) is 3. The van der Waals surface area contributed by atoms with Crippen molar-refractivity contribution in [1.29, 1.82) is 0 Å². The second-order valence-corrected chi connectivity index (χ2v) is 8.91. The lowest BCUT2D eigenvalue weighted by Crippen LogP contribution is -2.52. The number of amides is 2. The second kappa shape index (κ2) is 10.9. The van der Waals surface area contributed by atoms with Crippen molar-refractivity contribution in [1.82, 2.24) is 10.2 Å². The van der Waals surface area contributed by atoms with Crippen molar-refractivity contribution in [3.05, 3.63) is 107 Å². The molecule has 0 radical (unpaired) electrons. The van der Waals surface area contributed by atoms with E-state index >= 15 is 0 Å². The van der Waals surface area contributed by atoms with Crippen molar-refractivity contribution in [3.8, 4) is 0 Å². The van der Waals surface area contributed by atoms with Crippen LogP contribution >= 0.6 is 0 Å². The highest BCUT2D eigenvalue weighted by atomic mass is 16.2. The van der Waals surface area contributed by atoms with Crippen LogP contribution < -0.4 is 5.32 Å². The van der Waals surface area contributed by atoms with Gasteiger partial charge >= 0.3 is 0 Å². The average Bonchev–Trinajstić information content (AvgIpc) is 2.89. The van der Waals surface area contributed by atoms with Gasteiger partial charge in [-0.3, -0.25) is 14.4 Å². The smallest absolute Gasteiger partial charge is 0.251 e. The molecule has 1 N–H and O–H groups in total. The van der Waals surface area contributed by atoms with Crippen molar-refractivity contribution >= 4 is 17.6 Å². The van der Waals surface area contributed by atoms with E-state index in [2.05, 4.69) is 5.32 Å². The van der Waals surface area contributed by atoms with Crippen LogP contribution in [0.15, 0.2) is 84.9 Å². The van der Waals surface area contributed by atoms with Crippen LogP contribution in [-0.2, 0) is 11.2 Å². The molecule has 174 valence electrons. The Bertz CT molecular complexity index is 1120. The predicted octanol–water partition coefficient (Wildman–Crippen LogP) is 4.46. The van der Waals surface area contributed by atoms with Crippen LogP contribution in [0.1, 0.15) is 44.7 Å². The van der Waals surface area contributed by atoms with Crippen molar-refractivity contribution in [2.45, 2.75) is 32.2 Å². The summed E-state index contributed by atoms with van der Waals surface area (Å²) in [5.41, 5.74) is 3.36. The normalized spacial score (nSPS) is 14.9. The quantitative estimate of drug-likeness (QED) is 0.536. The number of nitrogens with one attached hydrogen (secondary N) is 1. The Morgan fingerprint density at radius 1 is 0.824 bits per heavy atom. The number of likely N-dealkylation sites (tertiary alicyclic amines) is 1. The Balaban J connectivity index is 1.43. The zero-order chi connectivity index (χ0) is 23.9. The van der Waals surface area contributed by atoms with Crippen LogP contribution in [0.25, 0.3) is 0 Å². The third-order valence-corrected chi connectivity index (χ3v) is 6.44. The number of carbonyl (C=O) groups is 3. The number of carbonyl (C=O) groups excluding carboxylic acids is 3. The molecule has 3 aromatic rings. The first-order valence-corrected chi connectivity index (χ1v) is 11.8. The van der Waals surface area contributed by atoms with Gasteiger partial charge < -0.3 is 10.2 Å². The number of aryl methyl sites for hydroxylation is 1. The molecule has 0 spiro atoms. The lowest BCUT2D eigenvalue weighted by molar-refractivity contribution is -0.134. The maximum Gasteiger partial charge on any atom is 0.251 e. The van der Waals surface area contributed by atoms with Crippen molar-refractivity contribution in [2.24, 2.45) is 5.92 Å². The van der Waals surface area contributed by atoms with Gasteiger partial charge in [-0.2, -0.15) is 0 Å². The molecule has 5 heteroatoms. The minimum Gasteiger partial charge on any atom is -0.341 e. The number of nitrogens with zero attached hydrogens (tertiary/aromatic N) is 1. The zero-order valence-corrected chi connectivity index (χ0v) is 19.4. The molecule has 1 atom stereocenters. The third kappa shape index (κ3) is 5.79. The predicted molar refractivity (Wildman–Crippen MR) is 133 cm³/mol. The van der Waals surface area contributed by atoms with Gasteiger partial charge in [0, 0.05) is 36.6 Å². The van der Waals surface area contributed by atoms with Crippen LogP contribution in [0.5, 0.6) is 0 Å². The van der Waals surface area contributed by atoms with Crippen molar-refractivity contribution in [3.63, 3.8) is 0 Å². The topological polar surface area (TPSA) is 66.5 Å². The fraction of sp³-hybridized carbons (Fsp3) is 0.276. The zero-order valence-electron chi connectivity index (χ0n) is 19.4. The van der Waals surface area contributed by atoms with Crippen LogP contribution in [-0.4, -0.2) is 41.6 Å². The molecular formula is C29H30N2O3. The highest BCUT2D eigenvalue weighted by Gasteiger charge is 2.32. The first kappa shape index (κ1) is 23.4. The SMILES string of the molecule is Cc1ccc(C(=O)C2CCN(C(=O)C(Cc3ccccc3)NC(=O)c3ccccc3)CC2)cc1. The standard InChI is InChI=1S/C29H30N2O3/c1-21-12-14-23(15-13-21)27(32)24-16-18-31(19-17-24)29(34)26(20-22-8-4-2-5-9-22)30-28(33)25-10-6-3-7-11-25/h2-15,24,26H,16-20H2,1H3,(H,30,33). The summed E-state index contributed by atoms with van der Waals surface area (Å²) in [6.45, 7) is 3.02. The van der Waals surface area contributed by atoms with Gasteiger partial charge in [-0.1, -0.05) is 78.4 Å². The van der Waals surface area contributed by atoms with Gasteiger partial charge in [-0.05, 0) is 37.5 Å². The fourth-order valence-corrected chi connectivity index (χ4v) is 4.42. The lowest BCUT2D eigenvalue weighted by atomic mass is 9.88. The van der Waals surface area contributed by atoms with Crippen molar-refractivity contribution in [2.75, 3.05) is 13.1 Å². The number of Topliss-reactive ketones (excluding diaryl/α,β-unsaturated/α-hetero) is 1. The molecule has 1 fully saturated rings. The monoisotopic (exact) mass is 454 g/mol. The number of benzene rings is 3. The summed E-state index contributed by atoms with van der Waals surface area (Å²) in [5.74, 6) is -0.308. The van der Waals surface area contributed by atoms with E-state index in [1.54, 1.807) is 29.2 Å². The minimum absolute atomic E-state index is 0.0850. The van der Waals surface area contributed by atoms with E-state index in [9.17, 15) is 14.4 Å². The second-order valence-electron chi connectivity index (χ2n) is 8.91. The van der Waals surface area contributed by atoms with Gasteiger partial charge in [-0.25, -0.2) is 0 Å². The van der Waals surface area contributed by atoms with Crippen molar-refractivity contribution < 1.29 is 14.4 Å². The molecule has 3 aromatic carbocycles. The summed E-state index contributed by atoms with van der Waals surface area (Å²) in [5, 5.41) is 2.95. The van der Waals surface area contributed by atoms with Gasteiger partial charge in [0.15, 0.2) is 5.78 Å². The fourth-order valence-electron chi connectivity index (χ4n) is 4.42. The Labute approximate surface area is 200 Å². The van der Waals surface area contributed by atoms with E-state index in [-0.39, 0.29) is 23.5 Å². The highest BCUT2D eigenvalue weighted by Crippen LogP contribution is 2.23. The molecule has 1 saturated heterocycles. The summed E-state index contributed by atoms with van der Waals surface area (Å²) in [6, 6.07) is 25.6. The average molecular weight is 455 g/mol. The summed E-state index contributed by atoms with van der Waals surface area (Å²) >= 11 is 0. The maximum atomic E-state index is 13.5. The largest absolute Gasteiger partial charge is 0.341 e. The molecule has 1 aliphatic rings. The first-order chi connectivity index (χ1) is 16.5. The summed E-state index contributed by atoms with van der Waals surface area (Å²) in [4.78, 5) is 41.0. The van der Waals surface area contributed by atoms with E-state index in [0.717, 1.165) is 16.7 Å². The van der Waals surface area contributed by atoms with E-state index in [0.29, 0.717) is 37.9 Å². The maximum absolute atomic E-state index is 13.5. The molecule has 2 amide bonds. The Hall–Kier alpha value is -3.73. The molecule has 1 heterocycles. The molecule has 4 rings (SSSR count). The minimum atomic E-state index is -0.667. The lowest BCUT2D eigenvalue weighted by Gasteiger charge is -2.34. The van der Waals surface area contributed by atoms with E-state index in [4.69, 9.17) is 0 Å². The molecule has 1 unspecified atom stereocenters. The molecule has 1 aliphatic heterocycles. The van der Waals surface area contributed by atoms with E-state index < -0.39 is 6.04 Å². The van der Waals surface area contributed by atoms with E-state index in [1.807, 2.05) is 67.6 Å². The molecular weight excluding hydrogens is 424 g/mol. The van der Waals surface area contributed by atoms with Crippen LogP contribution in [0.2, 0.25) is 0 Å². The molecule has 0 saturated carbocycles. The van der Waals surface area contributed by atoms with Gasteiger partial charge in [0.05, 0.1) is 0 Å². The van der Waals surface area contributed by atoms with E-state index in [1.165, 1.54) is 0 Å². The first-order valence-electron chi connectivity index (χ1n) is 11.8. The Morgan fingerprint density at radius 3 is 2.03 bits per heavy atom. The van der Waals surface area contributed by atoms with Gasteiger partial charge in [0.1, 0.15) is 6.04 Å². The highest BCUT2D eigenvalue weighted by molar-refractivity contribution is 5.99. The summed E-state index contributed by atoms with van der Waals surface area (Å²) < 4.78 is 0. The van der Waals surface area contributed by atoms with Crippen LogP contribution in [0.4, 0.5) is 0 Å². The summed E-state index contributed by atoms with van der Waals surface area (Å²) in [7, 11) is 0.